The summed E-state index contributed by atoms with van der Waals surface area (Å²) < 4.78 is 7.73. The number of imidazole rings is 1. The molecule has 0 spiro atoms. The minimum absolute atomic E-state index is 0.673. The monoisotopic (exact) mass is 323 g/mol. The van der Waals surface area contributed by atoms with Crippen LogP contribution >= 0.6 is 0 Å². The fraction of sp³-hybridized carbons (Fsp3) is 0.389. The lowest BCUT2D eigenvalue weighted by atomic mass is 10.1. The predicted molar refractivity (Wildman–Crippen MR) is 89.4 cm³/mol. The van der Waals surface area contributed by atoms with Gasteiger partial charge in [-0.3, -0.25) is 4.90 Å². The minimum Gasteiger partial charge on any atom is -0.338 e. The number of nitrogens with zero attached hydrogens (tertiary/aromatic N) is 5. The quantitative estimate of drug-likeness (QED) is 0.738. The van der Waals surface area contributed by atoms with E-state index in [-0.39, 0.29) is 0 Å². The van der Waals surface area contributed by atoms with E-state index in [0.29, 0.717) is 18.9 Å². The Morgan fingerprint density at radius 2 is 1.92 bits per heavy atom. The number of aryl methyl sites for hydroxylation is 1. The number of rotatable bonds is 4. The van der Waals surface area contributed by atoms with E-state index >= 15 is 0 Å². The molecule has 0 amide bonds. The largest absolute Gasteiger partial charge is 0.338 e. The fourth-order valence-electron chi connectivity index (χ4n) is 3.19. The highest BCUT2D eigenvalue weighted by atomic mass is 16.5. The van der Waals surface area contributed by atoms with Crippen LogP contribution in [0.1, 0.15) is 34.5 Å². The highest BCUT2D eigenvalue weighted by Crippen LogP contribution is 2.18. The highest BCUT2D eigenvalue weighted by Gasteiger charge is 2.22. The maximum absolute atomic E-state index is 5.43. The SMILES string of the molecule is Cc1nc2n(c1C)CCN(Cc1nc(Cc3ccccc3)no1)C2. The fourth-order valence-corrected chi connectivity index (χ4v) is 3.19. The van der Waals surface area contributed by atoms with Gasteiger partial charge in [-0.25, -0.2) is 4.98 Å². The zero-order chi connectivity index (χ0) is 16.5. The molecule has 1 aliphatic heterocycles. The predicted octanol–water partition coefficient (Wildman–Crippen LogP) is 2.49. The van der Waals surface area contributed by atoms with Gasteiger partial charge in [0.15, 0.2) is 5.82 Å². The van der Waals surface area contributed by atoms with Gasteiger partial charge in [0.2, 0.25) is 5.89 Å². The zero-order valence-corrected chi connectivity index (χ0v) is 14.1. The number of hydrogen-bond donors (Lipinski definition) is 0. The molecule has 0 radical (unpaired) electrons. The number of aromatic nitrogens is 4. The second-order valence-corrected chi connectivity index (χ2v) is 6.33. The van der Waals surface area contributed by atoms with Gasteiger partial charge in [0.1, 0.15) is 5.82 Å². The topological polar surface area (TPSA) is 60.0 Å². The van der Waals surface area contributed by atoms with Crippen LogP contribution in [0.3, 0.4) is 0 Å². The molecule has 4 rings (SSSR count). The molecule has 0 saturated carbocycles. The number of benzene rings is 1. The van der Waals surface area contributed by atoms with Crippen LogP contribution in [0.4, 0.5) is 0 Å². The molecule has 24 heavy (non-hydrogen) atoms. The second kappa shape index (κ2) is 6.20. The maximum atomic E-state index is 5.43. The lowest BCUT2D eigenvalue weighted by Gasteiger charge is -2.26. The Morgan fingerprint density at radius 3 is 2.75 bits per heavy atom. The van der Waals surface area contributed by atoms with Crippen molar-refractivity contribution in [3.63, 3.8) is 0 Å². The van der Waals surface area contributed by atoms with Gasteiger partial charge < -0.3 is 9.09 Å². The van der Waals surface area contributed by atoms with Crippen molar-refractivity contribution in [2.75, 3.05) is 6.54 Å². The van der Waals surface area contributed by atoms with Gasteiger partial charge in [-0.2, -0.15) is 4.98 Å². The third kappa shape index (κ3) is 2.97. The Hall–Kier alpha value is -2.47. The first kappa shape index (κ1) is 15.1. The van der Waals surface area contributed by atoms with E-state index in [0.717, 1.165) is 37.0 Å². The standard InChI is InChI=1S/C18H21N5O/c1-13-14(2)23-9-8-22(11-17(23)19-13)12-18-20-16(21-24-18)10-15-6-4-3-5-7-15/h3-7H,8-12H2,1-2H3. The van der Waals surface area contributed by atoms with Crippen LogP contribution in [-0.2, 0) is 26.1 Å². The third-order valence-electron chi connectivity index (χ3n) is 4.62. The van der Waals surface area contributed by atoms with Crippen LogP contribution in [0.5, 0.6) is 0 Å². The molecule has 0 unspecified atom stereocenters. The summed E-state index contributed by atoms with van der Waals surface area (Å²) in [6, 6.07) is 10.2. The van der Waals surface area contributed by atoms with Crippen LogP contribution < -0.4 is 0 Å². The van der Waals surface area contributed by atoms with Crippen molar-refractivity contribution in [1.29, 1.82) is 0 Å². The maximum Gasteiger partial charge on any atom is 0.240 e. The Labute approximate surface area is 141 Å². The second-order valence-electron chi connectivity index (χ2n) is 6.33. The molecule has 0 bridgehead atoms. The van der Waals surface area contributed by atoms with Gasteiger partial charge >= 0.3 is 0 Å². The molecule has 124 valence electrons. The van der Waals surface area contributed by atoms with Gasteiger partial charge in [-0.05, 0) is 19.4 Å². The van der Waals surface area contributed by atoms with E-state index in [9.17, 15) is 0 Å². The van der Waals surface area contributed by atoms with Crippen LogP contribution in [0, 0.1) is 13.8 Å². The van der Waals surface area contributed by atoms with E-state index in [2.05, 4.69) is 50.6 Å². The van der Waals surface area contributed by atoms with Crippen LogP contribution in [0.25, 0.3) is 0 Å². The van der Waals surface area contributed by atoms with Crippen molar-refractivity contribution >= 4 is 0 Å². The summed E-state index contributed by atoms with van der Waals surface area (Å²) in [6.45, 7) is 7.64. The minimum atomic E-state index is 0.673. The summed E-state index contributed by atoms with van der Waals surface area (Å²) in [5, 5.41) is 4.11. The molecule has 0 aliphatic carbocycles. The van der Waals surface area contributed by atoms with Gasteiger partial charge in [-0.15, -0.1) is 0 Å². The first-order valence-corrected chi connectivity index (χ1v) is 8.29. The van der Waals surface area contributed by atoms with Crippen molar-refractivity contribution in [2.24, 2.45) is 0 Å². The molecule has 1 aliphatic rings. The normalized spacial score (nSPS) is 14.8. The molecule has 0 N–H and O–H groups in total. The molecule has 2 aromatic heterocycles. The van der Waals surface area contributed by atoms with Crippen molar-refractivity contribution in [2.45, 2.75) is 39.9 Å². The average molecular weight is 323 g/mol. The molecular formula is C18H21N5O. The molecule has 6 nitrogen and oxygen atoms in total. The van der Waals surface area contributed by atoms with Gasteiger partial charge in [0, 0.05) is 25.2 Å². The van der Waals surface area contributed by atoms with Gasteiger partial charge in [-0.1, -0.05) is 35.5 Å². The number of fused-ring (bicyclic) bond motifs is 1. The molecule has 3 aromatic rings. The van der Waals surface area contributed by atoms with Crippen LogP contribution in [-0.4, -0.2) is 31.1 Å². The van der Waals surface area contributed by atoms with Gasteiger partial charge in [0.25, 0.3) is 0 Å². The summed E-state index contributed by atoms with van der Waals surface area (Å²) in [5.74, 6) is 2.54. The average Bonchev–Trinajstić information content (AvgIpc) is 3.13. The molecule has 0 saturated heterocycles. The van der Waals surface area contributed by atoms with Crippen molar-refractivity contribution in [3.05, 3.63) is 64.8 Å². The Morgan fingerprint density at radius 1 is 1.08 bits per heavy atom. The van der Waals surface area contributed by atoms with E-state index in [4.69, 9.17) is 4.52 Å². The molecule has 6 heteroatoms. The van der Waals surface area contributed by atoms with Crippen LogP contribution in [0.15, 0.2) is 34.9 Å². The Bertz CT molecular complexity index is 836. The summed E-state index contributed by atoms with van der Waals surface area (Å²) in [5.41, 5.74) is 3.58. The molecule has 0 atom stereocenters. The Kier molecular flexibility index (Phi) is 3.90. The molecular weight excluding hydrogens is 302 g/mol. The van der Waals surface area contributed by atoms with Crippen molar-refractivity contribution in [1.82, 2.24) is 24.6 Å². The van der Waals surface area contributed by atoms with Crippen molar-refractivity contribution < 1.29 is 4.52 Å². The van der Waals surface area contributed by atoms with Gasteiger partial charge in [0.05, 0.1) is 18.8 Å². The first-order valence-electron chi connectivity index (χ1n) is 8.29. The summed E-state index contributed by atoms with van der Waals surface area (Å²) >= 11 is 0. The molecule has 1 aromatic carbocycles. The zero-order valence-electron chi connectivity index (χ0n) is 14.1. The smallest absolute Gasteiger partial charge is 0.240 e. The number of hydrogen-bond acceptors (Lipinski definition) is 5. The summed E-state index contributed by atoms with van der Waals surface area (Å²) in [4.78, 5) is 11.5. The summed E-state index contributed by atoms with van der Waals surface area (Å²) in [7, 11) is 0. The molecule has 3 heterocycles. The first-order chi connectivity index (χ1) is 11.7. The Balaban J connectivity index is 1.41. The highest BCUT2D eigenvalue weighted by molar-refractivity contribution is 5.18. The van der Waals surface area contributed by atoms with E-state index in [1.54, 1.807) is 0 Å². The lowest BCUT2D eigenvalue weighted by Crippen LogP contribution is -2.33. The van der Waals surface area contributed by atoms with Crippen molar-refractivity contribution in [3.8, 4) is 0 Å². The van der Waals surface area contributed by atoms with E-state index < -0.39 is 0 Å². The lowest BCUT2D eigenvalue weighted by molar-refractivity contribution is 0.182. The van der Waals surface area contributed by atoms with E-state index in [1.807, 2.05) is 18.2 Å². The van der Waals surface area contributed by atoms with Crippen LogP contribution in [0.2, 0.25) is 0 Å². The van der Waals surface area contributed by atoms with E-state index in [1.165, 1.54) is 11.3 Å². The summed E-state index contributed by atoms with van der Waals surface area (Å²) in [6.07, 6.45) is 0.702. The molecule has 0 fully saturated rings. The third-order valence-corrected chi connectivity index (χ3v) is 4.62.